The summed E-state index contributed by atoms with van der Waals surface area (Å²) >= 11 is 1.45. The van der Waals surface area contributed by atoms with Crippen molar-refractivity contribution in [3.05, 3.63) is 52.5 Å². The Balaban J connectivity index is 1.57. The summed E-state index contributed by atoms with van der Waals surface area (Å²) in [5.74, 6) is -0.485. The number of carbonyl (C=O) groups excluding carboxylic acids is 1. The quantitative estimate of drug-likeness (QED) is 0.621. The molecule has 134 valence electrons. The zero-order valence-electron chi connectivity index (χ0n) is 14.0. The standard InChI is InChI=1S/C19H17F2N3OS/c20-13-6-12(7-14(21)9-13)10-22-19-23-15-4-5-26-18(15)17(24-19)16(25)8-11-2-1-3-11/h4-7,9,11H,1-3,8,10H2,(H,22,23,24). The molecule has 0 aliphatic heterocycles. The fourth-order valence-corrected chi connectivity index (χ4v) is 3.92. The van der Waals surface area contributed by atoms with Crippen LogP contribution in [-0.4, -0.2) is 15.8 Å². The number of nitrogens with one attached hydrogen (secondary N) is 1. The first-order valence-corrected chi connectivity index (χ1v) is 9.44. The van der Waals surface area contributed by atoms with Crippen LogP contribution in [0.4, 0.5) is 14.7 Å². The molecule has 3 aromatic rings. The lowest BCUT2D eigenvalue weighted by Gasteiger charge is -2.24. The molecule has 1 aliphatic carbocycles. The molecule has 4 rings (SSSR count). The third-order valence-electron chi connectivity index (χ3n) is 4.64. The molecule has 4 nitrogen and oxygen atoms in total. The van der Waals surface area contributed by atoms with Crippen LogP contribution in [0, 0.1) is 17.6 Å². The molecule has 0 atom stereocenters. The van der Waals surface area contributed by atoms with Crippen molar-refractivity contribution in [3.8, 4) is 0 Å². The Morgan fingerprint density at radius 3 is 2.65 bits per heavy atom. The summed E-state index contributed by atoms with van der Waals surface area (Å²) in [4.78, 5) is 21.5. The molecule has 0 bridgehead atoms. The lowest BCUT2D eigenvalue weighted by Crippen LogP contribution is -2.17. The third-order valence-corrected chi connectivity index (χ3v) is 5.55. The highest BCUT2D eigenvalue weighted by atomic mass is 32.1. The SMILES string of the molecule is O=C(CC1CCC1)c1nc(NCc2cc(F)cc(F)c2)nc2ccsc12. The van der Waals surface area contributed by atoms with Gasteiger partial charge in [0.05, 0.1) is 10.2 Å². The van der Waals surface area contributed by atoms with Gasteiger partial charge < -0.3 is 5.32 Å². The Hall–Kier alpha value is -2.41. The average Bonchev–Trinajstić information content (AvgIpc) is 3.03. The van der Waals surface area contributed by atoms with Crippen LogP contribution in [0.15, 0.2) is 29.6 Å². The minimum Gasteiger partial charge on any atom is -0.350 e. The Labute approximate surface area is 153 Å². The van der Waals surface area contributed by atoms with Crippen LogP contribution in [-0.2, 0) is 6.54 Å². The number of rotatable bonds is 6. The molecule has 2 heterocycles. The van der Waals surface area contributed by atoms with E-state index in [-0.39, 0.29) is 18.3 Å². The van der Waals surface area contributed by atoms with Gasteiger partial charge in [-0.05, 0) is 35.1 Å². The van der Waals surface area contributed by atoms with Gasteiger partial charge in [-0.1, -0.05) is 19.3 Å². The van der Waals surface area contributed by atoms with E-state index in [1.165, 1.54) is 29.9 Å². The van der Waals surface area contributed by atoms with E-state index in [9.17, 15) is 13.6 Å². The topological polar surface area (TPSA) is 54.9 Å². The number of Topliss-reactive ketones (excluding diaryl/α,β-unsaturated/α-hetero) is 1. The maximum absolute atomic E-state index is 13.3. The molecule has 1 N–H and O–H groups in total. The van der Waals surface area contributed by atoms with Crippen LogP contribution in [0.1, 0.15) is 41.7 Å². The molecule has 26 heavy (non-hydrogen) atoms. The Bertz CT molecular complexity index is 948. The lowest BCUT2D eigenvalue weighted by atomic mass is 9.81. The van der Waals surface area contributed by atoms with E-state index in [2.05, 4.69) is 15.3 Å². The third kappa shape index (κ3) is 3.58. The molecular formula is C19H17F2N3OS. The first-order chi connectivity index (χ1) is 12.6. The van der Waals surface area contributed by atoms with Gasteiger partial charge in [0.1, 0.15) is 17.3 Å². The molecule has 1 aliphatic rings. The molecule has 1 aromatic carbocycles. The first kappa shape index (κ1) is 17.0. The number of ketones is 1. The van der Waals surface area contributed by atoms with Crippen molar-refractivity contribution in [2.24, 2.45) is 5.92 Å². The Morgan fingerprint density at radius 2 is 1.96 bits per heavy atom. The van der Waals surface area contributed by atoms with Gasteiger partial charge >= 0.3 is 0 Å². The maximum atomic E-state index is 13.3. The predicted molar refractivity (Wildman–Crippen MR) is 97.4 cm³/mol. The number of anilines is 1. The second-order valence-corrected chi connectivity index (χ2v) is 7.50. The summed E-state index contributed by atoms with van der Waals surface area (Å²) in [6, 6.07) is 5.17. The van der Waals surface area contributed by atoms with Crippen molar-refractivity contribution in [2.45, 2.75) is 32.2 Å². The average molecular weight is 373 g/mol. The minimum absolute atomic E-state index is 0.0319. The largest absolute Gasteiger partial charge is 0.350 e. The first-order valence-electron chi connectivity index (χ1n) is 8.56. The van der Waals surface area contributed by atoms with Crippen molar-refractivity contribution < 1.29 is 13.6 Å². The van der Waals surface area contributed by atoms with Gasteiger partial charge in [-0.2, -0.15) is 0 Å². The summed E-state index contributed by atoms with van der Waals surface area (Å²) in [6.07, 6.45) is 3.90. The Kier molecular flexibility index (Phi) is 4.63. The molecule has 0 saturated heterocycles. The van der Waals surface area contributed by atoms with Gasteiger partial charge in [-0.25, -0.2) is 18.7 Å². The van der Waals surface area contributed by atoms with Gasteiger partial charge in [0.2, 0.25) is 5.95 Å². The maximum Gasteiger partial charge on any atom is 0.224 e. The monoisotopic (exact) mass is 373 g/mol. The lowest BCUT2D eigenvalue weighted by molar-refractivity contribution is 0.0933. The number of hydrogen-bond donors (Lipinski definition) is 1. The fourth-order valence-electron chi connectivity index (χ4n) is 3.08. The summed E-state index contributed by atoms with van der Waals surface area (Å²) in [6.45, 7) is 0.167. The van der Waals surface area contributed by atoms with E-state index in [1.54, 1.807) is 0 Å². The molecule has 7 heteroatoms. The van der Waals surface area contributed by atoms with E-state index < -0.39 is 11.6 Å². The molecule has 1 saturated carbocycles. The van der Waals surface area contributed by atoms with Crippen LogP contribution < -0.4 is 5.32 Å². The van der Waals surface area contributed by atoms with E-state index >= 15 is 0 Å². The normalized spacial score (nSPS) is 14.4. The van der Waals surface area contributed by atoms with Crippen molar-refractivity contribution in [1.29, 1.82) is 0 Å². The van der Waals surface area contributed by atoms with Gasteiger partial charge in [0.25, 0.3) is 0 Å². The Morgan fingerprint density at radius 1 is 1.19 bits per heavy atom. The number of halogens is 2. The number of nitrogens with zero attached hydrogens (tertiary/aromatic N) is 2. The molecule has 0 radical (unpaired) electrons. The molecule has 1 fully saturated rings. The predicted octanol–water partition coefficient (Wildman–Crippen LogP) is 4.95. The number of benzene rings is 1. The number of thiophene rings is 1. The molecule has 0 amide bonds. The summed E-state index contributed by atoms with van der Waals surface area (Å²) < 4.78 is 27.4. The number of fused-ring (bicyclic) bond motifs is 1. The van der Waals surface area contributed by atoms with Crippen LogP contribution in [0.3, 0.4) is 0 Å². The van der Waals surface area contributed by atoms with Crippen molar-refractivity contribution in [3.63, 3.8) is 0 Å². The van der Waals surface area contributed by atoms with Crippen molar-refractivity contribution in [1.82, 2.24) is 9.97 Å². The van der Waals surface area contributed by atoms with Gasteiger partial charge in [-0.3, -0.25) is 4.79 Å². The van der Waals surface area contributed by atoms with E-state index in [1.807, 2.05) is 11.4 Å². The van der Waals surface area contributed by atoms with Crippen LogP contribution in [0.25, 0.3) is 10.2 Å². The van der Waals surface area contributed by atoms with Gasteiger partial charge in [0.15, 0.2) is 5.78 Å². The van der Waals surface area contributed by atoms with Crippen LogP contribution in [0.2, 0.25) is 0 Å². The smallest absolute Gasteiger partial charge is 0.224 e. The van der Waals surface area contributed by atoms with E-state index in [0.29, 0.717) is 29.1 Å². The number of hydrogen-bond acceptors (Lipinski definition) is 5. The highest BCUT2D eigenvalue weighted by Crippen LogP contribution is 2.32. The summed E-state index contributed by atoms with van der Waals surface area (Å²) in [5.41, 5.74) is 1.58. The molecule has 2 aromatic heterocycles. The highest BCUT2D eigenvalue weighted by Gasteiger charge is 2.24. The zero-order valence-corrected chi connectivity index (χ0v) is 14.8. The minimum atomic E-state index is -0.632. The van der Waals surface area contributed by atoms with Crippen molar-refractivity contribution >= 4 is 33.3 Å². The van der Waals surface area contributed by atoms with Gasteiger partial charge in [0, 0.05) is 19.0 Å². The molecular weight excluding hydrogens is 356 g/mol. The van der Waals surface area contributed by atoms with Crippen LogP contribution in [0.5, 0.6) is 0 Å². The highest BCUT2D eigenvalue weighted by molar-refractivity contribution is 7.17. The zero-order chi connectivity index (χ0) is 18.1. The van der Waals surface area contributed by atoms with E-state index in [0.717, 1.165) is 23.6 Å². The number of aromatic nitrogens is 2. The second kappa shape index (κ2) is 7.07. The van der Waals surface area contributed by atoms with Crippen molar-refractivity contribution in [2.75, 3.05) is 5.32 Å². The molecule has 0 spiro atoms. The summed E-state index contributed by atoms with van der Waals surface area (Å²) in [7, 11) is 0. The van der Waals surface area contributed by atoms with E-state index in [4.69, 9.17) is 0 Å². The summed E-state index contributed by atoms with van der Waals surface area (Å²) in [5, 5.41) is 4.85. The number of carbonyl (C=O) groups is 1. The second-order valence-electron chi connectivity index (χ2n) is 6.59. The fraction of sp³-hybridized carbons (Fsp3) is 0.316. The van der Waals surface area contributed by atoms with Gasteiger partial charge in [-0.15, -0.1) is 11.3 Å². The van der Waals surface area contributed by atoms with Crippen LogP contribution >= 0.6 is 11.3 Å². The molecule has 0 unspecified atom stereocenters.